The Morgan fingerprint density at radius 2 is 2.07 bits per heavy atom. The molecule has 15 heavy (non-hydrogen) atoms. The van der Waals surface area contributed by atoms with E-state index < -0.39 is 23.6 Å². The highest BCUT2D eigenvalue weighted by atomic mass is 19.3. The van der Waals surface area contributed by atoms with Crippen LogP contribution in [0.15, 0.2) is 4.42 Å². The molecule has 0 radical (unpaired) electrons. The first-order valence-electron chi connectivity index (χ1n) is 4.26. The van der Waals surface area contributed by atoms with Crippen LogP contribution in [0.5, 0.6) is 0 Å². The normalized spacial score (nSPS) is 12.1. The third kappa shape index (κ3) is 1.98. The van der Waals surface area contributed by atoms with Gasteiger partial charge in [0.1, 0.15) is 5.41 Å². The summed E-state index contributed by atoms with van der Waals surface area (Å²) in [6.45, 7) is 4.04. The molecule has 0 unspecified atom stereocenters. The lowest BCUT2D eigenvalue weighted by atomic mass is 9.94. The lowest BCUT2D eigenvalue weighted by Gasteiger charge is -2.13. The third-order valence-electron chi connectivity index (χ3n) is 2.10. The Labute approximate surface area is 84.9 Å². The van der Waals surface area contributed by atoms with Crippen LogP contribution in [-0.2, 0) is 10.2 Å². The number of rotatable bonds is 3. The minimum Gasteiger partial charge on any atom is -0.480 e. The van der Waals surface area contributed by atoms with E-state index in [0.29, 0.717) is 0 Å². The van der Waals surface area contributed by atoms with Crippen LogP contribution in [0.25, 0.3) is 0 Å². The second-order valence-electron chi connectivity index (χ2n) is 3.70. The van der Waals surface area contributed by atoms with Gasteiger partial charge in [-0.25, -0.2) is 13.8 Å². The predicted molar refractivity (Wildman–Crippen MR) is 46.9 cm³/mol. The summed E-state index contributed by atoms with van der Waals surface area (Å²) in [5.41, 5.74) is -1.38. The van der Waals surface area contributed by atoms with Crippen molar-refractivity contribution in [1.29, 1.82) is 0 Å². The molecule has 1 aromatic heterocycles. The molecule has 0 aliphatic rings. The van der Waals surface area contributed by atoms with Crippen LogP contribution < -0.4 is 0 Å². The van der Waals surface area contributed by atoms with Crippen molar-refractivity contribution in [2.75, 3.05) is 0 Å². The van der Waals surface area contributed by atoms with Crippen molar-refractivity contribution in [3.05, 3.63) is 17.3 Å². The second kappa shape index (κ2) is 3.60. The molecule has 6 heteroatoms. The van der Waals surface area contributed by atoms with Crippen molar-refractivity contribution in [3.63, 3.8) is 0 Å². The van der Waals surface area contributed by atoms with Crippen LogP contribution in [-0.4, -0.2) is 16.1 Å². The van der Waals surface area contributed by atoms with E-state index in [9.17, 15) is 13.6 Å². The van der Waals surface area contributed by atoms with Crippen molar-refractivity contribution in [1.82, 2.24) is 4.98 Å². The van der Waals surface area contributed by atoms with Gasteiger partial charge in [0.05, 0.1) is 5.69 Å². The maximum atomic E-state index is 12.3. The van der Waals surface area contributed by atoms with Gasteiger partial charge >= 0.3 is 5.97 Å². The molecule has 0 bridgehead atoms. The smallest absolute Gasteiger partial charge is 0.318 e. The zero-order valence-electron chi connectivity index (χ0n) is 8.54. The first-order chi connectivity index (χ1) is 6.76. The van der Waals surface area contributed by atoms with Gasteiger partial charge in [-0.2, -0.15) is 0 Å². The van der Waals surface area contributed by atoms with Crippen molar-refractivity contribution in [3.8, 4) is 0 Å². The topological polar surface area (TPSA) is 63.3 Å². The van der Waals surface area contributed by atoms with Crippen LogP contribution in [0, 0.1) is 6.92 Å². The largest absolute Gasteiger partial charge is 0.480 e. The summed E-state index contributed by atoms with van der Waals surface area (Å²) in [6, 6.07) is 0. The van der Waals surface area contributed by atoms with Crippen molar-refractivity contribution in [2.24, 2.45) is 0 Å². The average molecular weight is 219 g/mol. The van der Waals surface area contributed by atoms with Gasteiger partial charge in [0.15, 0.2) is 5.76 Å². The molecule has 1 rings (SSSR count). The molecule has 0 amide bonds. The van der Waals surface area contributed by atoms with E-state index in [1.807, 2.05) is 0 Å². The average Bonchev–Trinajstić information content (AvgIpc) is 2.47. The number of carboxylic acid groups (broad SMARTS) is 1. The van der Waals surface area contributed by atoms with E-state index in [0.717, 1.165) is 0 Å². The quantitative estimate of drug-likeness (QED) is 0.847. The molecule has 1 aromatic rings. The number of carbonyl (C=O) groups is 1. The van der Waals surface area contributed by atoms with E-state index in [4.69, 9.17) is 9.52 Å². The molecule has 0 aromatic carbocycles. The number of aryl methyl sites for hydroxylation is 1. The first-order valence-corrected chi connectivity index (χ1v) is 4.26. The van der Waals surface area contributed by atoms with Crippen LogP contribution in [0.3, 0.4) is 0 Å². The Morgan fingerprint density at radius 3 is 2.40 bits per heavy atom. The van der Waals surface area contributed by atoms with Crippen LogP contribution in [0.1, 0.15) is 37.6 Å². The van der Waals surface area contributed by atoms with Gasteiger partial charge in [0.2, 0.25) is 5.89 Å². The van der Waals surface area contributed by atoms with Gasteiger partial charge in [0.25, 0.3) is 6.43 Å². The number of aromatic nitrogens is 1. The Hall–Kier alpha value is -1.46. The molecule has 4 nitrogen and oxygen atoms in total. The molecule has 0 aliphatic heterocycles. The summed E-state index contributed by atoms with van der Waals surface area (Å²) in [5.74, 6) is -1.95. The van der Waals surface area contributed by atoms with E-state index in [-0.39, 0.29) is 11.6 Å². The van der Waals surface area contributed by atoms with E-state index in [1.165, 1.54) is 20.8 Å². The Morgan fingerprint density at radius 1 is 1.53 bits per heavy atom. The number of nitrogens with zero attached hydrogens (tertiary/aromatic N) is 1. The Balaban J connectivity index is 3.18. The number of aliphatic carboxylic acids is 1. The number of carboxylic acids is 1. The van der Waals surface area contributed by atoms with Gasteiger partial charge in [-0.05, 0) is 20.8 Å². The fourth-order valence-corrected chi connectivity index (χ4v) is 0.969. The molecule has 0 aliphatic carbocycles. The molecular formula is C9H11F2NO3. The van der Waals surface area contributed by atoms with E-state index in [1.54, 1.807) is 0 Å². The van der Waals surface area contributed by atoms with Crippen LogP contribution in [0.4, 0.5) is 8.78 Å². The molecule has 0 saturated heterocycles. The minimum atomic E-state index is -2.78. The molecule has 1 N–H and O–H groups in total. The maximum Gasteiger partial charge on any atom is 0.318 e. The summed E-state index contributed by atoms with van der Waals surface area (Å²) < 4.78 is 29.5. The van der Waals surface area contributed by atoms with E-state index in [2.05, 4.69) is 4.98 Å². The number of halogens is 2. The molecule has 1 heterocycles. The lowest BCUT2D eigenvalue weighted by molar-refractivity contribution is -0.143. The summed E-state index contributed by atoms with van der Waals surface area (Å²) in [6.07, 6.45) is -2.78. The van der Waals surface area contributed by atoms with Crippen molar-refractivity contribution in [2.45, 2.75) is 32.6 Å². The number of oxazole rings is 1. The third-order valence-corrected chi connectivity index (χ3v) is 2.10. The van der Waals surface area contributed by atoms with Gasteiger partial charge in [0, 0.05) is 0 Å². The SMILES string of the molecule is Cc1nc(C(C)(C)C(=O)O)oc1C(F)F. The molecule has 84 valence electrons. The summed E-state index contributed by atoms with van der Waals surface area (Å²) in [5, 5.41) is 8.85. The molecular weight excluding hydrogens is 208 g/mol. The van der Waals surface area contributed by atoms with Gasteiger partial charge in [-0.15, -0.1) is 0 Å². The minimum absolute atomic E-state index is 0.0225. The fraction of sp³-hybridized carbons (Fsp3) is 0.556. The Kier molecular flexibility index (Phi) is 2.79. The number of hydrogen-bond acceptors (Lipinski definition) is 3. The maximum absolute atomic E-state index is 12.3. The van der Waals surface area contributed by atoms with E-state index >= 15 is 0 Å². The standard InChI is InChI=1S/C9H11F2NO3/c1-4-5(6(10)11)15-7(12-4)9(2,3)8(13)14/h6H,1-3H3,(H,13,14). The summed E-state index contributed by atoms with van der Waals surface area (Å²) in [4.78, 5) is 14.5. The number of hydrogen-bond donors (Lipinski definition) is 1. The zero-order valence-corrected chi connectivity index (χ0v) is 8.54. The fourth-order valence-electron chi connectivity index (χ4n) is 0.969. The summed E-state index contributed by atoms with van der Waals surface area (Å²) in [7, 11) is 0. The van der Waals surface area contributed by atoms with Crippen molar-refractivity contribution >= 4 is 5.97 Å². The van der Waals surface area contributed by atoms with Gasteiger partial charge in [-0.1, -0.05) is 0 Å². The summed E-state index contributed by atoms with van der Waals surface area (Å²) >= 11 is 0. The molecule has 0 fully saturated rings. The molecule has 0 atom stereocenters. The highest BCUT2D eigenvalue weighted by molar-refractivity contribution is 5.78. The van der Waals surface area contributed by atoms with Crippen LogP contribution >= 0.6 is 0 Å². The highest BCUT2D eigenvalue weighted by Crippen LogP contribution is 2.29. The Bertz CT molecular complexity index is 385. The zero-order chi connectivity index (χ0) is 11.8. The second-order valence-corrected chi connectivity index (χ2v) is 3.70. The first kappa shape index (κ1) is 11.6. The molecule has 0 spiro atoms. The van der Waals surface area contributed by atoms with Crippen LogP contribution in [0.2, 0.25) is 0 Å². The monoisotopic (exact) mass is 219 g/mol. The van der Waals surface area contributed by atoms with Gasteiger partial charge < -0.3 is 9.52 Å². The number of alkyl halides is 2. The lowest BCUT2D eigenvalue weighted by Crippen LogP contribution is -2.28. The van der Waals surface area contributed by atoms with Gasteiger partial charge in [-0.3, -0.25) is 4.79 Å². The molecule has 0 saturated carbocycles. The predicted octanol–water partition coefficient (Wildman–Crippen LogP) is 2.28. The van der Waals surface area contributed by atoms with Crippen molar-refractivity contribution < 1.29 is 23.1 Å². The highest BCUT2D eigenvalue weighted by Gasteiger charge is 2.36.